The molecule has 0 aliphatic carbocycles. The molecule has 5 heteroatoms. The van der Waals surface area contributed by atoms with Crippen LogP contribution in [0.25, 0.3) is 0 Å². The molecule has 0 spiro atoms. The Morgan fingerprint density at radius 2 is 2.22 bits per heavy atom. The van der Waals surface area contributed by atoms with Crippen LogP contribution < -0.4 is 10.6 Å². The van der Waals surface area contributed by atoms with Crippen LogP contribution in [0.2, 0.25) is 0 Å². The van der Waals surface area contributed by atoms with Gasteiger partial charge in [0.05, 0.1) is 19.1 Å². The maximum Gasteiger partial charge on any atom is 0.227 e. The largest absolute Gasteiger partial charge is 0.379 e. The Hall–Kier alpha value is -1.46. The monoisotopic (exact) mass is 249 g/mol. The van der Waals surface area contributed by atoms with Gasteiger partial charge in [-0.2, -0.15) is 0 Å². The average Bonchev–Trinajstić information content (AvgIpc) is 2.86. The molecular weight excluding hydrogens is 230 g/mol. The summed E-state index contributed by atoms with van der Waals surface area (Å²) in [4.78, 5) is 16.0. The number of ether oxygens (including phenoxy) is 1. The van der Waals surface area contributed by atoms with E-state index in [9.17, 15) is 4.79 Å². The van der Waals surface area contributed by atoms with Crippen LogP contribution in [0.3, 0.4) is 0 Å². The van der Waals surface area contributed by atoms with Crippen LogP contribution in [0.15, 0.2) is 24.5 Å². The first kappa shape index (κ1) is 13.0. The zero-order valence-corrected chi connectivity index (χ0v) is 10.6. The molecule has 2 unspecified atom stereocenters. The smallest absolute Gasteiger partial charge is 0.227 e. The Labute approximate surface area is 107 Å². The fourth-order valence-electron chi connectivity index (χ4n) is 2.10. The number of likely N-dealkylation sites (N-methyl/N-ethyl adjacent to an activating group) is 1. The average molecular weight is 249 g/mol. The number of aromatic nitrogens is 1. The van der Waals surface area contributed by atoms with Crippen molar-refractivity contribution in [3.8, 4) is 0 Å². The van der Waals surface area contributed by atoms with Gasteiger partial charge in [0.25, 0.3) is 0 Å². The number of nitrogens with one attached hydrogen (secondary N) is 2. The summed E-state index contributed by atoms with van der Waals surface area (Å²) in [5.41, 5.74) is 1.05. The van der Waals surface area contributed by atoms with Crippen molar-refractivity contribution in [2.24, 2.45) is 5.92 Å². The fourth-order valence-corrected chi connectivity index (χ4v) is 2.10. The molecular formula is C13H19N3O2. The Balaban J connectivity index is 1.84. The van der Waals surface area contributed by atoms with Gasteiger partial charge in [-0.1, -0.05) is 6.92 Å². The molecule has 0 bridgehead atoms. The molecule has 1 fully saturated rings. The molecule has 1 amide bonds. The third-order valence-electron chi connectivity index (χ3n) is 3.10. The van der Waals surface area contributed by atoms with Gasteiger partial charge in [0.2, 0.25) is 5.91 Å². The summed E-state index contributed by atoms with van der Waals surface area (Å²) >= 11 is 0. The van der Waals surface area contributed by atoms with Crippen LogP contribution in [0.5, 0.6) is 0 Å². The van der Waals surface area contributed by atoms with E-state index in [0.29, 0.717) is 19.8 Å². The van der Waals surface area contributed by atoms with Gasteiger partial charge in [-0.15, -0.1) is 0 Å². The van der Waals surface area contributed by atoms with Crippen LogP contribution in [0.4, 0.5) is 0 Å². The van der Waals surface area contributed by atoms with Crippen molar-refractivity contribution >= 4 is 5.91 Å². The van der Waals surface area contributed by atoms with Crippen LogP contribution >= 0.6 is 0 Å². The molecule has 1 aliphatic rings. The first-order valence-electron chi connectivity index (χ1n) is 6.29. The zero-order valence-electron chi connectivity index (χ0n) is 10.6. The first-order valence-corrected chi connectivity index (χ1v) is 6.29. The maximum absolute atomic E-state index is 12.1. The van der Waals surface area contributed by atoms with E-state index in [2.05, 4.69) is 15.6 Å². The molecule has 2 atom stereocenters. The van der Waals surface area contributed by atoms with Crippen molar-refractivity contribution < 1.29 is 9.53 Å². The lowest BCUT2D eigenvalue weighted by Gasteiger charge is -2.17. The highest BCUT2D eigenvalue weighted by Crippen LogP contribution is 2.14. The van der Waals surface area contributed by atoms with Crippen LogP contribution in [-0.4, -0.2) is 36.7 Å². The van der Waals surface area contributed by atoms with Crippen molar-refractivity contribution in [1.29, 1.82) is 0 Å². The second kappa shape index (κ2) is 6.47. The van der Waals surface area contributed by atoms with Crippen molar-refractivity contribution in [2.45, 2.75) is 19.5 Å². The first-order chi connectivity index (χ1) is 8.81. The summed E-state index contributed by atoms with van der Waals surface area (Å²) in [5, 5.41) is 6.22. The summed E-state index contributed by atoms with van der Waals surface area (Å²) in [6.45, 7) is 4.53. The van der Waals surface area contributed by atoms with E-state index in [0.717, 1.165) is 12.1 Å². The molecule has 2 heterocycles. The Bertz CT molecular complexity index is 383. The molecule has 1 saturated heterocycles. The molecule has 1 aromatic rings. The number of pyridine rings is 1. The molecule has 0 radical (unpaired) electrons. The number of carbonyl (C=O) groups excluding carboxylic acids is 1. The molecule has 2 rings (SSSR count). The summed E-state index contributed by atoms with van der Waals surface area (Å²) in [7, 11) is 0. The third-order valence-corrected chi connectivity index (χ3v) is 3.10. The maximum atomic E-state index is 12.1. The summed E-state index contributed by atoms with van der Waals surface area (Å²) in [6.07, 6.45) is 3.45. The second-order valence-electron chi connectivity index (χ2n) is 4.38. The zero-order chi connectivity index (χ0) is 12.8. The Morgan fingerprint density at radius 1 is 1.44 bits per heavy atom. The van der Waals surface area contributed by atoms with E-state index < -0.39 is 0 Å². The van der Waals surface area contributed by atoms with Crippen molar-refractivity contribution in [2.75, 3.05) is 19.8 Å². The van der Waals surface area contributed by atoms with Gasteiger partial charge in [0, 0.05) is 25.0 Å². The fraction of sp³-hybridized carbons (Fsp3) is 0.538. The molecule has 1 aliphatic heterocycles. The lowest BCUT2D eigenvalue weighted by molar-refractivity contribution is -0.125. The van der Waals surface area contributed by atoms with E-state index in [1.54, 1.807) is 12.4 Å². The molecule has 0 saturated carbocycles. The van der Waals surface area contributed by atoms with Gasteiger partial charge in [-0.05, 0) is 24.2 Å². The number of nitrogens with zero attached hydrogens (tertiary/aromatic N) is 1. The predicted octanol–water partition coefficient (Wildman–Crippen LogP) is 0.322. The minimum Gasteiger partial charge on any atom is -0.379 e. The molecule has 0 aromatic carbocycles. The third kappa shape index (κ3) is 3.27. The van der Waals surface area contributed by atoms with Crippen molar-refractivity contribution in [1.82, 2.24) is 15.6 Å². The lowest BCUT2D eigenvalue weighted by Crippen LogP contribution is -2.43. The van der Waals surface area contributed by atoms with Gasteiger partial charge < -0.3 is 15.4 Å². The number of hydrogen-bond acceptors (Lipinski definition) is 4. The number of carbonyl (C=O) groups is 1. The molecule has 18 heavy (non-hydrogen) atoms. The van der Waals surface area contributed by atoms with Crippen LogP contribution in [0.1, 0.15) is 12.5 Å². The highest BCUT2D eigenvalue weighted by molar-refractivity contribution is 5.79. The minimum atomic E-state index is -0.0909. The lowest BCUT2D eigenvalue weighted by atomic mass is 10.0. The summed E-state index contributed by atoms with van der Waals surface area (Å²) < 4.78 is 5.36. The van der Waals surface area contributed by atoms with Crippen LogP contribution in [-0.2, 0) is 16.1 Å². The van der Waals surface area contributed by atoms with E-state index in [1.807, 2.05) is 19.1 Å². The standard InChI is InChI=1S/C13H19N3O2/c1-2-15-12-9-18-8-11(12)13(17)16-7-10-3-5-14-6-4-10/h3-6,11-12,15H,2,7-9H2,1H3,(H,16,17). The van der Waals surface area contributed by atoms with E-state index in [-0.39, 0.29) is 17.9 Å². The van der Waals surface area contributed by atoms with Crippen LogP contribution in [0, 0.1) is 5.92 Å². The van der Waals surface area contributed by atoms with Gasteiger partial charge in [0.1, 0.15) is 0 Å². The van der Waals surface area contributed by atoms with Gasteiger partial charge in [-0.3, -0.25) is 9.78 Å². The molecule has 2 N–H and O–H groups in total. The topological polar surface area (TPSA) is 63.2 Å². The highest BCUT2D eigenvalue weighted by Gasteiger charge is 2.33. The predicted molar refractivity (Wildman–Crippen MR) is 67.9 cm³/mol. The molecule has 5 nitrogen and oxygen atoms in total. The Morgan fingerprint density at radius 3 is 2.94 bits per heavy atom. The second-order valence-corrected chi connectivity index (χ2v) is 4.38. The normalized spacial score (nSPS) is 22.9. The van der Waals surface area contributed by atoms with E-state index in [4.69, 9.17) is 4.74 Å². The molecule has 1 aromatic heterocycles. The number of rotatable bonds is 5. The van der Waals surface area contributed by atoms with Gasteiger partial charge in [-0.25, -0.2) is 0 Å². The summed E-state index contributed by atoms with van der Waals surface area (Å²) in [5.74, 6) is -0.0398. The molecule has 98 valence electrons. The number of hydrogen-bond donors (Lipinski definition) is 2. The van der Waals surface area contributed by atoms with Crippen molar-refractivity contribution in [3.05, 3.63) is 30.1 Å². The highest BCUT2D eigenvalue weighted by atomic mass is 16.5. The van der Waals surface area contributed by atoms with Gasteiger partial charge >= 0.3 is 0 Å². The van der Waals surface area contributed by atoms with E-state index >= 15 is 0 Å². The minimum absolute atomic E-state index is 0.0512. The Kier molecular flexibility index (Phi) is 4.66. The van der Waals surface area contributed by atoms with E-state index in [1.165, 1.54) is 0 Å². The summed E-state index contributed by atoms with van der Waals surface area (Å²) in [6, 6.07) is 3.92. The number of amides is 1. The van der Waals surface area contributed by atoms with Gasteiger partial charge in [0.15, 0.2) is 0 Å². The quantitative estimate of drug-likeness (QED) is 0.789. The SMILES string of the molecule is CCNC1COCC1C(=O)NCc1ccncc1. The van der Waals surface area contributed by atoms with Crippen molar-refractivity contribution in [3.63, 3.8) is 0 Å².